The van der Waals surface area contributed by atoms with Crippen molar-refractivity contribution in [1.29, 1.82) is 0 Å². The Morgan fingerprint density at radius 1 is 1.23 bits per heavy atom. The number of unbranched alkanes of at least 4 members (excludes halogenated alkanes) is 3. The molecule has 0 aromatic heterocycles. The van der Waals surface area contributed by atoms with Gasteiger partial charge in [0.2, 0.25) is 0 Å². The molecular weight excluding hydrogens is 356 g/mol. The van der Waals surface area contributed by atoms with Gasteiger partial charge in [-0.25, -0.2) is 8.42 Å². The third-order valence-electron chi connectivity index (χ3n) is 4.53. The van der Waals surface area contributed by atoms with E-state index in [1.165, 1.54) is 12.1 Å². The van der Waals surface area contributed by atoms with E-state index in [-0.39, 0.29) is 17.6 Å². The number of hydrogen-bond donors (Lipinski definition) is 1. The van der Waals surface area contributed by atoms with Gasteiger partial charge < -0.3 is 14.6 Å². The van der Waals surface area contributed by atoms with Crippen molar-refractivity contribution in [2.24, 2.45) is 0 Å². The van der Waals surface area contributed by atoms with Gasteiger partial charge >= 0.3 is 5.97 Å². The average Bonchev–Trinajstić information content (AvgIpc) is 2.62. The molecule has 0 radical (unpaired) electrons. The highest BCUT2D eigenvalue weighted by molar-refractivity contribution is 7.92. The highest BCUT2D eigenvalue weighted by atomic mass is 32.2. The third-order valence-corrected chi connectivity index (χ3v) is 6.64. The third kappa shape index (κ3) is 5.71. The second-order valence-electron chi connectivity index (χ2n) is 6.61. The first-order valence-corrected chi connectivity index (χ1v) is 10.8. The zero-order valence-electron chi connectivity index (χ0n) is 15.2. The monoisotopic (exact) mass is 384 g/mol. The molecule has 1 aromatic rings. The number of hydrogen-bond acceptors (Lipinski definition) is 5. The summed E-state index contributed by atoms with van der Waals surface area (Å²) in [5, 5.41) is 7.97. The minimum absolute atomic E-state index is 0.0114. The van der Waals surface area contributed by atoms with E-state index in [0.29, 0.717) is 18.8 Å². The van der Waals surface area contributed by atoms with Gasteiger partial charge in [-0.05, 0) is 43.5 Å². The van der Waals surface area contributed by atoms with Crippen LogP contribution in [0.15, 0.2) is 29.2 Å². The summed E-state index contributed by atoms with van der Waals surface area (Å²) in [5.74, 6) is -0.775. The molecular formula is C19H28O6S. The van der Waals surface area contributed by atoms with Gasteiger partial charge in [0.05, 0.1) is 11.5 Å². The van der Waals surface area contributed by atoms with E-state index in [4.69, 9.17) is 9.47 Å². The molecule has 2 unspecified atom stereocenters. The summed E-state index contributed by atoms with van der Waals surface area (Å²) in [5.41, 5.74) is 0. The molecule has 1 aliphatic heterocycles. The Morgan fingerprint density at radius 2 is 1.96 bits per heavy atom. The molecule has 1 N–H and O–H groups in total. The van der Waals surface area contributed by atoms with Crippen molar-refractivity contribution < 1.29 is 27.8 Å². The van der Waals surface area contributed by atoms with Gasteiger partial charge in [0, 0.05) is 6.42 Å². The molecule has 1 aromatic carbocycles. The van der Waals surface area contributed by atoms with E-state index >= 15 is 0 Å². The summed E-state index contributed by atoms with van der Waals surface area (Å²) >= 11 is 0. The standard InChI is InChI=1S/C19H28O6S/c1-2-3-4-5-8-17(19(20)21)26(22,23)16-12-10-15(11-13-16)25-18-9-6-7-14-24-18/h10-13,17-18H,2-9,14H2,1H3,(H,20,21). The van der Waals surface area contributed by atoms with Crippen LogP contribution < -0.4 is 4.74 Å². The number of aliphatic carboxylic acids is 1. The minimum Gasteiger partial charge on any atom is -0.480 e. The van der Waals surface area contributed by atoms with E-state index in [2.05, 4.69) is 0 Å². The molecule has 1 heterocycles. The fraction of sp³-hybridized carbons (Fsp3) is 0.632. The SMILES string of the molecule is CCCCCCC(C(=O)O)S(=O)(=O)c1ccc(OC2CCCCO2)cc1. The molecule has 0 spiro atoms. The Hall–Kier alpha value is -1.60. The highest BCUT2D eigenvalue weighted by Crippen LogP contribution is 2.25. The summed E-state index contributed by atoms with van der Waals surface area (Å²) in [4.78, 5) is 11.5. The second-order valence-corrected chi connectivity index (χ2v) is 8.74. The lowest BCUT2D eigenvalue weighted by atomic mass is 10.1. The van der Waals surface area contributed by atoms with Crippen LogP contribution >= 0.6 is 0 Å². The molecule has 2 rings (SSSR count). The number of carboxylic acid groups (broad SMARTS) is 1. The van der Waals surface area contributed by atoms with E-state index in [9.17, 15) is 18.3 Å². The summed E-state index contributed by atoms with van der Waals surface area (Å²) < 4.78 is 36.6. The molecule has 2 atom stereocenters. The van der Waals surface area contributed by atoms with Crippen LogP contribution in [0.4, 0.5) is 0 Å². The molecule has 146 valence electrons. The smallest absolute Gasteiger partial charge is 0.322 e. The maximum absolute atomic E-state index is 12.7. The normalized spacial score (nSPS) is 19.0. The van der Waals surface area contributed by atoms with E-state index in [1.807, 2.05) is 6.92 Å². The number of carboxylic acids is 1. The highest BCUT2D eigenvalue weighted by Gasteiger charge is 2.33. The maximum atomic E-state index is 12.7. The van der Waals surface area contributed by atoms with Crippen molar-refractivity contribution in [3.05, 3.63) is 24.3 Å². The number of rotatable bonds is 10. The number of benzene rings is 1. The van der Waals surface area contributed by atoms with Gasteiger partial charge in [-0.3, -0.25) is 4.79 Å². The first-order valence-electron chi connectivity index (χ1n) is 9.30. The van der Waals surface area contributed by atoms with E-state index < -0.39 is 21.1 Å². The Labute approximate surface area is 155 Å². The summed E-state index contributed by atoms with van der Waals surface area (Å²) in [6.45, 7) is 2.71. The number of carbonyl (C=O) groups is 1. The van der Waals surface area contributed by atoms with Crippen molar-refractivity contribution in [1.82, 2.24) is 0 Å². The van der Waals surface area contributed by atoms with Crippen molar-refractivity contribution in [3.8, 4) is 5.75 Å². The molecule has 26 heavy (non-hydrogen) atoms. The largest absolute Gasteiger partial charge is 0.480 e. The van der Waals surface area contributed by atoms with Crippen LogP contribution in [0.5, 0.6) is 5.75 Å². The molecule has 0 amide bonds. The lowest BCUT2D eigenvalue weighted by molar-refractivity contribution is -0.136. The lowest BCUT2D eigenvalue weighted by Gasteiger charge is -2.23. The predicted octanol–water partition coefficient (Wildman–Crippen LogP) is 3.79. The van der Waals surface area contributed by atoms with Gasteiger partial charge in [-0.15, -0.1) is 0 Å². The Balaban J connectivity index is 2.04. The van der Waals surface area contributed by atoms with Crippen LogP contribution in [0.3, 0.4) is 0 Å². The fourth-order valence-corrected chi connectivity index (χ4v) is 4.58. The topological polar surface area (TPSA) is 89.9 Å². The van der Waals surface area contributed by atoms with Gasteiger partial charge in [0.15, 0.2) is 21.4 Å². The van der Waals surface area contributed by atoms with E-state index in [0.717, 1.165) is 38.5 Å². The Bertz CT molecular complexity index is 662. The van der Waals surface area contributed by atoms with Gasteiger partial charge in [-0.2, -0.15) is 0 Å². The maximum Gasteiger partial charge on any atom is 0.322 e. The zero-order chi connectivity index (χ0) is 19.0. The molecule has 1 fully saturated rings. The Kier molecular flexibility index (Phi) is 7.90. The summed E-state index contributed by atoms with van der Waals surface area (Å²) in [7, 11) is -3.92. The average molecular weight is 384 g/mol. The molecule has 7 heteroatoms. The molecule has 0 aliphatic carbocycles. The number of ether oxygens (including phenoxy) is 2. The van der Waals surface area contributed by atoms with Crippen molar-refractivity contribution in [3.63, 3.8) is 0 Å². The van der Waals surface area contributed by atoms with Crippen molar-refractivity contribution in [2.75, 3.05) is 6.61 Å². The first-order chi connectivity index (χ1) is 12.4. The lowest BCUT2D eigenvalue weighted by Crippen LogP contribution is -2.30. The minimum atomic E-state index is -3.92. The van der Waals surface area contributed by atoms with Crippen molar-refractivity contribution >= 4 is 15.8 Å². The van der Waals surface area contributed by atoms with Crippen LogP contribution in [-0.4, -0.2) is 37.6 Å². The molecule has 0 bridgehead atoms. The Morgan fingerprint density at radius 3 is 2.54 bits per heavy atom. The van der Waals surface area contributed by atoms with Crippen LogP contribution in [0, 0.1) is 0 Å². The van der Waals surface area contributed by atoms with Crippen molar-refractivity contribution in [2.45, 2.75) is 74.7 Å². The van der Waals surface area contributed by atoms with Crippen LogP contribution in [0.25, 0.3) is 0 Å². The molecule has 1 aliphatic rings. The van der Waals surface area contributed by atoms with Crippen LogP contribution in [-0.2, 0) is 19.4 Å². The van der Waals surface area contributed by atoms with Gasteiger partial charge in [0.25, 0.3) is 0 Å². The van der Waals surface area contributed by atoms with Crippen LogP contribution in [0.1, 0.15) is 58.3 Å². The fourth-order valence-electron chi connectivity index (χ4n) is 3.00. The predicted molar refractivity (Wildman–Crippen MR) is 98.0 cm³/mol. The quantitative estimate of drug-likeness (QED) is 0.617. The molecule has 6 nitrogen and oxygen atoms in total. The second kappa shape index (κ2) is 9.92. The van der Waals surface area contributed by atoms with Gasteiger partial charge in [-0.1, -0.05) is 32.6 Å². The van der Waals surface area contributed by atoms with E-state index in [1.54, 1.807) is 12.1 Å². The zero-order valence-corrected chi connectivity index (χ0v) is 16.0. The summed E-state index contributed by atoms with van der Waals surface area (Å²) in [6, 6.07) is 5.94. The first kappa shape index (κ1) is 20.7. The van der Waals surface area contributed by atoms with Crippen LogP contribution in [0.2, 0.25) is 0 Å². The number of sulfone groups is 1. The molecule has 1 saturated heterocycles. The summed E-state index contributed by atoms with van der Waals surface area (Å²) in [6.07, 6.45) is 6.09. The molecule has 0 saturated carbocycles. The van der Waals surface area contributed by atoms with Gasteiger partial charge in [0.1, 0.15) is 5.75 Å².